The van der Waals surface area contributed by atoms with Gasteiger partial charge in [0, 0.05) is 0 Å². The van der Waals surface area contributed by atoms with Gasteiger partial charge in [-0.2, -0.15) is 0 Å². The summed E-state index contributed by atoms with van der Waals surface area (Å²) in [7, 11) is 0. The molecule has 1 rings (SSSR count). The summed E-state index contributed by atoms with van der Waals surface area (Å²) in [6, 6.07) is 0. The first-order valence-electron chi connectivity index (χ1n) is 6.02. The summed E-state index contributed by atoms with van der Waals surface area (Å²) in [5.74, 6) is -0.286. The van der Waals surface area contributed by atoms with Gasteiger partial charge in [-0.3, -0.25) is 9.59 Å². The summed E-state index contributed by atoms with van der Waals surface area (Å²) in [5, 5.41) is 0. The van der Waals surface area contributed by atoms with Gasteiger partial charge in [0.15, 0.2) is 0 Å². The van der Waals surface area contributed by atoms with Crippen LogP contribution in [0, 0.1) is 11.8 Å². The van der Waals surface area contributed by atoms with Crippen molar-refractivity contribution < 1.29 is 19.1 Å². The average molecular weight is 228 g/mol. The highest BCUT2D eigenvalue weighted by atomic mass is 16.5. The third-order valence-corrected chi connectivity index (χ3v) is 2.97. The van der Waals surface area contributed by atoms with E-state index in [4.69, 9.17) is 9.47 Å². The van der Waals surface area contributed by atoms with Crippen molar-refractivity contribution in [2.24, 2.45) is 11.8 Å². The van der Waals surface area contributed by atoms with E-state index in [9.17, 15) is 9.59 Å². The molecule has 0 radical (unpaired) electrons. The molecule has 1 aliphatic rings. The minimum absolute atomic E-state index is 0.0226. The largest absolute Gasteiger partial charge is 0.466 e. The zero-order valence-corrected chi connectivity index (χ0v) is 10.0. The highest BCUT2D eigenvalue weighted by Gasteiger charge is 2.31. The predicted molar refractivity (Wildman–Crippen MR) is 58.7 cm³/mol. The Morgan fingerprint density at radius 2 is 1.19 bits per heavy atom. The highest BCUT2D eigenvalue weighted by molar-refractivity contribution is 5.75. The van der Waals surface area contributed by atoms with Gasteiger partial charge in [0.05, 0.1) is 25.0 Å². The lowest BCUT2D eigenvalue weighted by Crippen LogP contribution is -2.28. The van der Waals surface area contributed by atoms with Crippen LogP contribution in [0.5, 0.6) is 0 Å². The molecule has 0 saturated heterocycles. The van der Waals surface area contributed by atoms with Crippen LogP contribution in [0.4, 0.5) is 0 Å². The molecule has 0 aromatic rings. The van der Waals surface area contributed by atoms with Gasteiger partial charge in [-0.05, 0) is 39.5 Å². The van der Waals surface area contributed by atoms with E-state index in [1.165, 1.54) is 0 Å². The molecule has 1 fully saturated rings. The van der Waals surface area contributed by atoms with Gasteiger partial charge in [0.2, 0.25) is 0 Å². The number of carbonyl (C=O) groups excluding carboxylic acids is 2. The molecule has 0 N–H and O–H groups in total. The van der Waals surface area contributed by atoms with E-state index in [1.807, 2.05) is 13.8 Å². The maximum atomic E-state index is 11.5. The minimum atomic E-state index is -0.121. The average Bonchev–Trinajstić information content (AvgIpc) is 2.30. The number of ether oxygens (including phenoxy) is 2. The SMILES string of the molecule is CCOC(=O)C1CCC(C(=O)OCC)CC1. The molecule has 0 heterocycles. The Balaban J connectivity index is 2.33. The van der Waals surface area contributed by atoms with E-state index in [1.54, 1.807) is 0 Å². The second kappa shape index (κ2) is 6.51. The number of rotatable bonds is 4. The summed E-state index contributed by atoms with van der Waals surface area (Å²) in [6.45, 7) is 4.47. The van der Waals surface area contributed by atoms with Crippen LogP contribution in [-0.2, 0) is 19.1 Å². The van der Waals surface area contributed by atoms with Crippen LogP contribution < -0.4 is 0 Å². The topological polar surface area (TPSA) is 52.6 Å². The Kier molecular flexibility index (Phi) is 5.29. The molecule has 0 atom stereocenters. The summed E-state index contributed by atoms with van der Waals surface area (Å²) in [4.78, 5) is 22.9. The fourth-order valence-corrected chi connectivity index (χ4v) is 2.09. The van der Waals surface area contributed by atoms with E-state index >= 15 is 0 Å². The van der Waals surface area contributed by atoms with Gasteiger partial charge in [-0.15, -0.1) is 0 Å². The third kappa shape index (κ3) is 3.51. The fourth-order valence-electron chi connectivity index (χ4n) is 2.09. The second-order valence-electron chi connectivity index (χ2n) is 4.05. The molecule has 16 heavy (non-hydrogen) atoms. The molecular weight excluding hydrogens is 208 g/mol. The van der Waals surface area contributed by atoms with E-state index in [-0.39, 0.29) is 23.8 Å². The van der Waals surface area contributed by atoms with Crippen LogP contribution in [0.1, 0.15) is 39.5 Å². The van der Waals surface area contributed by atoms with Gasteiger partial charge < -0.3 is 9.47 Å². The summed E-state index contributed by atoms with van der Waals surface area (Å²) >= 11 is 0. The van der Waals surface area contributed by atoms with Crippen molar-refractivity contribution in [2.75, 3.05) is 13.2 Å². The maximum absolute atomic E-state index is 11.5. The Bertz CT molecular complexity index is 215. The van der Waals surface area contributed by atoms with Crippen LogP contribution in [0.15, 0.2) is 0 Å². The van der Waals surface area contributed by atoms with Crippen molar-refractivity contribution in [3.63, 3.8) is 0 Å². The lowest BCUT2D eigenvalue weighted by Gasteiger charge is -2.25. The van der Waals surface area contributed by atoms with Crippen molar-refractivity contribution in [1.29, 1.82) is 0 Å². The van der Waals surface area contributed by atoms with E-state index < -0.39 is 0 Å². The Morgan fingerprint density at radius 3 is 1.44 bits per heavy atom. The highest BCUT2D eigenvalue weighted by Crippen LogP contribution is 2.30. The molecule has 4 nitrogen and oxygen atoms in total. The van der Waals surface area contributed by atoms with E-state index in [0.29, 0.717) is 13.2 Å². The van der Waals surface area contributed by atoms with Crippen molar-refractivity contribution in [3.05, 3.63) is 0 Å². The summed E-state index contributed by atoms with van der Waals surface area (Å²) in [6.07, 6.45) is 2.95. The van der Waals surface area contributed by atoms with Gasteiger partial charge >= 0.3 is 11.9 Å². The Hall–Kier alpha value is -1.06. The van der Waals surface area contributed by atoms with E-state index in [2.05, 4.69) is 0 Å². The zero-order chi connectivity index (χ0) is 12.0. The Morgan fingerprint density at radius 1 is 0.875 bits per heavy atom. The first-order chi connectivity index (χ1) is 7.69. The predicted octanol–water partition coefficient (Wildman–Crippen LogP) is 1.92. The first kappa shape index (κ1) is 13.0. The zero-order valence-electron chi connectivity index (χ0n) is 10.0. The van der Waals surface area contributed by atoms with Crippen LogP contribution in [-0.4, -0.2) is 25.2 Å². The molecule has 0 aromatic carbocycles. The quantitative estimate of drug-likeness (QED) is 0.690. The molecule has 92 valence electrons. The molecule has 0 aliphatic heterocycles. The van der Waals surface area contributed by atoms with Gasteiger partial charge in [0.25, 0.3) is 0 Å². The van der Waals surface area contributed by atoms with Crippen molar-refractivity contribution in [1.82, 2.24) is 0 Å². The molecule has 0 unspecified atom stereocenters. The number of esters is 2. The fraction of sp³-hybridized carbons (Fsp3) is 0.833. The second-order valence-corrected chi connectivity index (χ2v) is 4.05. The van der Waals surface area contributed by atoms with Crippen LogP contribution in [0.3, 0.4) is 0 Å². The lowest BCUT2D eigenvalue weighted by molar-refractivity contribution is -0.154. The summed E-state index contributed by atoms with van der Waals surface area (Å²) in [5.41, 5.74) is 0. The van der Waals surface area contributed by atoms with Gasteiger partial charge in [-0.1, -0.05) is 0 Å². The smallest absolute Gasteiger partial charge is 0.308 e. The van der Waals surface area contributed by atoms with Crippen LogP contribution >= 0.6 is 0 Å². The lowest BCUT2D eigenvalue weighted by atomic mass is 9.82. The maximum Gasteiger partial charge on any atom is 0.308 e. The molecule has 0 aromatic heterocycles. The van der Waals surface area contributed by atoms with E-state index in [0.717, 1.165) is 25.7 Å². The normalized spacial score (nSPS) is 24.9. The van der Waals surface area contributed by atoms with Gasteiger partial charge in [-0.25, -0.2) is 0 Å². The van der Waals surface area contributed by atoms with Crippen LogP contribution in [0.25, 0.3) is 0 Å². The molecule has 1 aliphatic carbocycles. The molecule has 0 spiro atoms. The molecule has 0 bridgehead atoms. The van der Waals surface area contributed by atoms with Crippen molar-refractivity contribution in [3.8, 4) is 0 Å². The molecular formula is C12H20O4. The monoisotopic (exact) mass is 228 g/mol. The van der Waals surface area contributed by atoms with Crippen LogP contribution in [0.2, 0.25) is 0 Å². The molecule has 4 heteroatoms. The van der Waals surface area contributed by atoms with Crippen molar-refractivity contribution in [2.45, 2.75) is 39.5 Å². The number of hydrogen-bond donors (Lipinski definition) is 0. The number of hydrogen-bond acceptors (Lipinski definition) is 4. The standard InChI is InChI=1S/C12H20O4/c1-3-15-11(13)9-5-7-10(8-6-9)12(14)16-4-2/h9-10H,3-8H2,1-2H3. The third-order valence-electron chi connectivity index (χ3n) is 2.97. The summed E-state index contributed by atoms with van der Waals surface area (Å²) < 4.78 is 9.94. The van der Waals surface area contributed by atoms with Gasteiger partial charge in [0.1, 0.15) is 0 Å². The minimum Gasteiger partial charge on any atom is -0.466 e. The Labute approximate surface area is 96.3 Å². The molecule has 1 saturated carbocycles. The number of carbonyl (C=O) groups is 2. The van der Waals surface area contributed by atoms with Crippen molar-refractivity contribution >= 4 is 11.9 Å². The molecule has 0 amide bonds. The first-order valence-corrected chi connectivity index (χ1v) is 6.02.